The maximum atomic E-state index is 12.3. The van der Waals surface area contributed by atoms with Gasteiger partial charge in [0.1, 0.15) is 0 Å². The molecule has 0 aliphatic carbocycles. The maximum Gasteiger partial charge on any atom is 0.276 e. The van der Waals surface area contributed by atoms with Crippen LogP contribution in [0.5, 0.6) is 0 Å². The van der Waals surface area contributed by atoms with Gasteiger partial charge in [0.15, 0.2) is 5.69 Å². The van der Waals surface area contributed by atoms with E-state index in [-0.39, 0.29) is 17.6 Å². The Labute approximate surface area is 118 Å². The van der Waals surface area contributed by atoms with Crippen LogP contribution in [0.1, 0.15) is 23.3 Å². The third kappa shape index (κ3) is 3.48. The number of rotatable bonds is 3. The van der Waals surface area contributed by atoms with E-state index in [1.54, 1.807) is 18.1 Å². The number of sulfonamides is 1. The van der Waals surface area contributed by atoms with Gasteiger partial charge in [-0.1, -0.05) is 0 Å². The zero-order valence-corrected chi connectivity index (χ0v) is 12.4. The number of aryl methyl sites for hydroxylation is 1. The second-order valence-electron chi connectivity index (χ2n) is 5.06. The standard InChI is InChI=1S/C11H19N5O3S/c1-15-7-9(12)10(13-15)11(17)16-5-3-8(4-6-16)14-20(2,18)19/h7-8,14H,3-6,12H2,1-2H3. The minimum atomic E-state index is -3.21. The average molecular weight is 301 g/mol. The Balaban J connectivity index is 1.97. The zero-order chi connectivity index (χ0) is 14.9. The van der Waals surface area contributed by atoms with E-state index >= 15 is 0 Å². The van der Waals surface area contributed by atoms with Crippen LogP contribution >= 0.6 is 0 Å². The highest BCUT2D eigenvalue weighted by Gasteiger charge is 2.27. The predicted molar refractivity (Wildman–Crippen MR) is 74.5 cm³/mol. The van der Waals surface area contributed by atoms with Gasteiger partial charge < -0.3 is 10.6 Å². The first-order chi connectivity index (χ1) is 9.26. The lowest BCUT2D eigenvalue weighted by Gasteiger charge is -2.31. The van der Waals surface area contributed by atoms with E-state index in [1.165, 1.54) is 4.68 Å². The fraction of sp³-hybridized carbons (Fsp3) is 0.636. The normalized spacial score (nSPS) is 17.4. The van der Waals surface area contributed by atoms with Crippen LogP contribution in [-0.4, -0.2) is 54.4 Å². The molecule has 0 saturated carbocycles. The molecule has 1 aliphatic heterocycles. The van der Waals surface area contributed by atoms with Crippen LogP contribution in [0, 0.1) is 0 Å². The number of hydrogen-bond acceptors (Lipinski definition) is 5. The molecule has 0 spiro atoms. The van der Waals surface area contributed by atoms with Crippen LogP contribution in [-0.2, 0) is 17.1 Å². The molecule has 1 saturated heterocycles. The summed E-state index contributed by atoms with van der Waals surface area (Å²) in [5.41, 5.74) is 6.34. The highest BCUT2D eigenvalue weighted by atomic mass is 32.2. The Kier molecular flexibility index (Phi) is 4.00. The van der Waals surface area contributed by atoms with Crippen LogP contribution in [0.15, 0.2) is 6.20 Å². The molecule has 1 aromatic heterocycles. The lowest BCUT2D eigenvalue weighted by atomic mass is 10.1. The van der Waals surface area contributed by atoms with Gasteiger partial charge >= 0.3 is 0 Å². The van der Waals surface area contributed by atoms with Crippen molar-refractivity contribution in [3.8, 4) is 0 Å². The Morgan fingerprint density at radius 2 is 2.05 bits per heavy atom. The molecule has 0 atom stereocenters. The third-order valence-electron chi connectivity index (χ3n) is 3.22. The lowest BCUT2D eigenvalue weighted by Crippen LogP contribution is -2.46. The van der Waals surface area contributed by atoms with E-state index in [0.717, 1.165) is 6.26 Å². The molecule has 1 aromatic rings. The lowest BCUT2D eigenvalue weighted by molar-refractivity contribution is 0.0705. The molecular formula is C11H19N5O3S. The number of anilines is 1. The summed E-state index contributed by atoms with van der Waals surface area (Å²) < 4.78 is 26.4. The number of hydrogen-bond donors (Lipinski definition) is 2. The van der Waals surface area contributed by atoms with Gasteiger partial charge in [0.05, 0.1) is 11.9 Å². The van der Waals surface area contributed by atoms with Gasteiger partial charge in [-0.2, -0.15) is 5.10 Å². The molecule has 0 aromatic carbocycles. The Hall–Kier alpha value is -1.61. The molecule has 2 heterocycles. The summed E-state index contributed by atoms with van der Waals surface area (Å²) in [6.07, 6.45) is 3.90. The molecule has 9 heteroatoms. The van der Waals surface area contributed by atoms with Crippen LogP contribution in [0.4, 0.5) is 5.69 Å². The van der Waals surface area contributed by atoms with Gasteiger partial charge in [0.2, 0.25) is 10.0 Å². The van der Waals surface area contributed by atoms with Gasteiger partial charge in [-0.25, -0.2) is 13.1 Å². The van der Waals surface area contributed by atoms with Crippen LogP contribution in [0.2, 0.25) is 0 Å². The van der Waals surface area contributed by atoms with E-state index in [4.69, 9.17) is 5.73 Å². The summed E-state index contributed by atoms with van der Waals surface area (Å²) in [6, 6.07) is -0.116. The molecule has 0 unspecified atom stereocenters. The van der Waals surface area contributed by atoms with Crippen molar-refractivity contribution in [1.29, 1.82) is 0 Å². The monoisotopic (exact) mass is 301 g/mol. The summed E-state index contributed by atoms with van der Waals surface area (Å²) in [4.78, 5) is 13.9. The number of nitrogen functional groups attached to an aromatic ring is 1. The smallest absolute Gasteiger partial charge is 0.276 e. The number of aromatic nitrogens is 2. The van der Waals surface area contributed by atoms with Gasteiger partial charge in [-0.15, -0.1) is 0 Å². The summed E-state index contributed by atoms with van der Waals surface area (Å²) in [6.45, 7) is 0.976. The second kappa shape index (κ2) is 5.41. The molecule has 20 heavy (non-hydrogen) atoms. The first-order valence-electron chi connectivity index (χ1n) is 6.32. The minimum Gasteiger partial charge on any atom is -0.396 e. The largest absolute Gasteiger partial charge is 0.396 e. The first-order valence-corrected chi connectivity index (χ1v) is 8.21. The topological polar surface area (TPSA) is 110 Å². The quantitative estimate of drug-likeness (QED) is 0.756. The fourth-order valence-corrected chi connectivity index (χ4v) is 3.17. The number of piperidine rings is 1. The molecule has 1 aliphatic rings. The van der Waals surface area contributed by atoms with E-state index in [9.17, 15) is 13.2 Å². The molecule has 0 radical (unpaired) electrons. The average Bonchev–Trinajstić information content (AvgIpc) is 2.66. The fourth-order valence-electron chi connectivity index (χ4n) is 2.33. The maximum absolute atomic E-state index is 12.3. The van der Waals surface area contributed by atoms with Crippen molar-refractivity contribution in [2.75, 3.05) is 25.1 Å². The zero-order valence-electron chi connectivity index (χ0n) is 11.5. The van der Waals surface area contributed by atoms with Crippen molar-refractivity contribution in [3.05, 3.63) is 11.9 Å². The molecule has 3 N–H and O–H groups in total. The number of nitrogens with zero attached hydrogens (tertiary/aromatic N) is 3. The first kappa shape index (κ1) is 14.8. The number of carbonyl (C=O) groups excluding carboxylic acids is 1. The summed E-state index contributed by atoms with van der Waals surface area (Å²) >= 11 is 0. The van der Waals surface area contributed by atoms with Crippen LogP contribution < -0.4 is 10.5 Å². The van der Waals surface area contributed by atoms with E-state index in [1.807, 2.05) is 0 Å². The molecule has 1 fully saturated rings. The second-order valence-corrected chi connectivity index (χ2v) is 6.84. The third-order valence-corrected chi connectivity index (χ3v) is 3.98. The van der Waals surface area contributed by atoms with Crippen molar-refractivity contribution in [3.63, 3.8) is 0 Å². The van der Waals surface area contributed by atoms with Crippen molar-refractivity contribution < 1.29 is 13.2 Å². The molecule has 112 valence electrons. The van der Waals surface area contributed by atoms with Gasteiger partial charge in [0.25, 0.3) is 5.91 Å². The van der Waals surface area contributed by atoms with E-state index in [0.29, 0.717) is 31.6 Å². The van der Waals surface area contributed by atoms with Crippen molar-refractivity contribution in [1.82, 2.24) is 19.4 Å². The Morgan fingerprint density at radius 3 is 2.50 bits per heavy atom. The van der Waals surface area contributed by atoms with Crippen molar-refractivity contribution >= 4 is 21.6 Å². The predicted octanol–water partition coefficient (Wildman–Crippen LogP) is -0.844. The van der Waals surface area contributed by atoms with Gasteiger partial charge in [-0.3, -0.25) is 9.48 Å². The van der Waals surface area contributed by atoms with Gasteiger partial charge in [-0.05, 0) is 12.8 Å². The molecule has 0 bridgehead atoms. The molecular weight excluding hydrogens is 282 g/mol. The van der Waals surface area contributed by atoms with E-state index < -0.39 is 10.0 Å². The summed E-state index contributed by atoms with van der Waals surface area (Å²) in [7, 11) is -1.50. The van der Waals surface area contributed by atoms with Crippen LogP contribution in [0.25, 0.3) is 0 Å². The molecule has 1 amide bonds. The number of nitrogens with one attached hydrogen (secondary N) is 1. The number of nitrogens with two attached hydrogens (primary N) is 1. The number of likely N-dealkylation sites (tertiary alicyclic amines) is 1. The minimum absolute atomic E-state index is 0.116. The van der Waals surface area contributed by atoms with E-state index in [2.05, 4.69) is 9.82 Å². The number of carbonyl (C=O) groups is 1. The summed E-state index contributed by atoms with van der Waals surface area (Å²) in [5.74, 6) is -0.207. The van der Waals surface area contributed by atoms with Gasteiger partial charge in [0, 0.05) is 32.4 Å². The SMILES string of the molecule is Cn1cc(N)c(C(=O)N2CCC(NS(C)(=O)=O)CC2)n1. The highest BCUT2D eigenvalue weighted by molar-refractivity contribution is 7.88. The number of amides is 1. The Bertz CT molecular complexity index is 602. The summed E-state index contributed by atoms with van der Waals surface area (Å²) in [5, 5.41) is 4.05. The van der Waals surface area contributed by atoms with Crippen molar-refractivity contribution in [2.24, 2.45) is 7.05 Å². The Morgan fingerprint density at radius 1 is 1.45 bits per heavy atom. The van der Waals surface area contributed by atoms with Crippen molar-refractivity contribution in [2.45, 2.75) is 18.9 Å². The molecule has 2 rings (SSSR count). The van der Waals surface area contributed by atoms with Crippen LogP contribution in [0.3, 0.4) is 0 Å². The highest BCUT2D eigenvalue weighted by Crippen LogP contribution is 2.16. The molecule has 8 nitrogen and oxygen atoms in total.